The number of hydrogen-bond acceptors (Lipinski definition) is 7. The van der Waals surface area contributed by atoms with E-state index < -0.39 is 23.3 Å². The molecule has 2 N–H and O–H groups in total. The average molecular weight is 483 g/mol. The van der Waals surface area contributed by atoms with Crippen molar-refractivity contribution in [2.45, 2.75) is 31.9 Å². The number of thioether (sulfide) groups is 1. The molecule has 2 heterocycles. The van der Waals surface area contributed by atoms with Gasteiger partial charge in [-0.1, -0.05) is 29.8 Å². The minimum Gasteiger partial charge on any atom is -0.497 e. The molecule has 4 rings (SSSR count). The zero-order valence-electron chi connectivity index (χ0n) is 19.2. The highest BCUT2D eigenvalue weighted by Crippen LogP contribution is 2.40. The van der Waals surface area contributed by atoms with Crippen LogP contribution in [0.3, 0.4) is 0 Å². The first-order valence-corrected chi connectivity index (χ1v) is 11.8. The predicted molar refractivity (Wildman–Crippen MR) is 127 cm³/mol. The lowest BCUT2D eigenvalue weighted by Gasteiger charge is -2.49. The molecule has 0 aromatic heterocycles. The van der Waals surface area contributed by atoms with Crippen LogP contribution < -0.4 is 10.1 Å². The van der Waals surface area contributed by atoms with Crippen molar-refractivity contribution >= 4 is 29.5 Å². The molecule has 9 heteroatoms. The van der Waals surface area contributed by atoms with Crippen LogP contribution in [-0.2, 0) is 20.9 Å². The van der Waals surface area contributed by atoms with E-state index in [2.05, 4.69) is 5.32 Å². The Labute approximate surface area is 201 Å². The van der Waals surface area contributed by atoms with Crippen molar-refractivity contribution < 1.29 is 29.0 Å². The van der Waals surface area contributed by atoms with E-state index in [1.165, 1.54) is 16.7 Å². The monoisotopic (exact) mass is 482 g/mol. The molecule has 0 spiro atoms. The van der Waals surface area contributed by atoms with E-state index in [-0.39, 0.29) is 24.8 Å². The fourth-order valence-electron chi connectivity index (χ4n) is 4.02. The molecule has 0 bridgehead atoms. The molecular weight excluding hydrogens is 456 g/mol. The van der Waals surface area contributed by atoms with Gasteiger partial charge in [0.05, 0.1) is 13.7 Å². The van der Waals surface area contributed by atoms with E-state index in [0.29, 0.717) is 22.6 Å². The van der Waals surface area contributed by atoms with Crippen molar-refractivity contribution in [2.24, 2.45) is 0 Å². The largest absolute Gasteiger partial charge is 0.497 e. The summed E-state index contributed by atoms with van der Waals surface area (Å²) in [5, 5.41) is 12.1. The fraction of sp³-hybridized carbons (Fsp3) is 0.320. The molecule has 0 radical (unpaired) electrons. The molecule has 2 aliphatic rings. The highest BCUT2D eigenvalue weighted by atomic mass is 32.2. The number of amides is 2. The third-order valence-electron chi connectivity index (χ3n) is 5.87. The zero-order valence-corrected chi connectivity index (χ0v) is 20.0. The number of aliphatic hydroxyl groups is 1. The maximum atomic E-state index is 13.0. The van der Waals surface area contributed by atoms with Crippen molar-refractivity contribution in [3.8, 4) is 5.75 Å². The van der Waals surface area contributed by atoms with E-state index >= 15 is 0 Å². The summed E-state index contributed by atoms with van der Waals surface area (Å²) in [4.78, 5) is 40.0. The van der Waals surface area contributed by atoms with Crippen LogP contribution >= 0.6 is 11.8 Å². The quantitative estimate of drug-likeness (QED) is 0.461. The molecule has 2 amide bonds. The Kier molecular flexibility index (Phi) is 6.95. The fourth-order valence-corrected chi connectivity index (χ4v) is 5.35. The van der Waals surface area contributed by atoms with Crippen LogP contribution in [0.1, 0.15) is 27.0 Å². The third kappa shape index (κ3) is 4.53. The lowest BCUT2D eigenvalue weighted by atomic mass is 10.0. The van der Waals surface area contributed by atoms with Gasteiger partial charge in [0.2, 0.25) is 0 Å². The van der Waals surface area contributed by atoms with Crippen molar-refractivity contribution in [2.75, 3.05) is 19.5 Å². The molecule has 2 aromatic rings. The van der Waals surface area contributed by atoms with Gasteiger partial charge < -0.3 is 19.9 Å². The molecule has 8 nitrogen and oxygen atoms in total. The van der Waals surface area contributed by atoms with Crippen LogP contribution in [0.5, 0.6) is 5.75 Å². The van der Waals surface area contributed by atoms with Gasteiger partial charge in [0.1, 0.15) is 29.5 Å². The highest BCUT2D eigenvalue weighted by molar-refractivity contribution is 8.00. The Morgan fingerprint density at radius 3 is 2.56 bits per heavy atom. The number of aliphatic hydroxyl groups excluding tert-OH is 1. The van der Waals surface area contributed by atoms with Crippen LogP contribution in [0.2, 0.25) is 0 Å². The SMILES string of the molecule is COc1ccc(COC(=O)C2=C(CO)CS[C@@H]3C(NC(=O)c4ccc(C)cc4C)C(=O)N23)cc1. The smallest absolute Gasteiger partial charge is 0.355 e. The Morgan fingerprint density at radius 1 is 1.18 bits per heavy atom. The first kappa shape index (κ1) is 23.8. The number of carbonyl (C=O) groups excluding carboxylic acids is 3. The summed E-state index contributed by atoms with van der Waals surface area (Å²) in [5.74, 6) is -0.381. The number of fused-ring (bicyclic) bond motifs is 1. The normalized spacial score (nSPS) is 19.3. The average Bonchev–Trinajstić information content (AvgIpc) is 2.84. The van der Waals surface area contributed by atoms with Crippen LogP contribution in [0, 0.1) is 13.8 Å². The molecule has 1 saturated heterocycles. The summed E-state index contributed by atoms with van der Waals surface area (Å²) < 4.78 is 10.6. The maximum absolute atomic E-state index is 13.0. The summed E-state index contributed by atoms with van der Waals surface area (Å²) in [5.41, 5.74) is 3.61. The molecule has 178 valence electrons. The van der Waals surface area contributed by atoms with Gasteiger partial charge in [0.15, 0.2) is 0 Å². The third-order valence-corrected chi connectivity index (χ3v) is 7.21. The highest BCUT2D eigenvalue weighted by Gasteiger charge is 2.54. The molecule has 34 heavy (non-hydrogen) atoms. The summed E-state index contributed by atoms with van der Waals surface area (Å²) >= 11 is 1.39. The Bertz CT molecular complexity index is 1160. The number of β-lactam (4-membered cyclic amide) rings is 1. The summed E-state index contributed by atoms with van der Waals surface area (Å²) in [6.07, 6.45) is 0. The number of esters is 1. The Morgan fingerprint density at radius 2 is 1.91 bits per heavy atom. The molecule has 0 saturated carbocycles. The van der Waals surface area contributed by atoms with Crippen molar-refractivity contribution in [1.29, 1.82) is 0 Å². The molecule has 2 aliphatic heterocycles. The second kappa shape index (κ2) is 9.90. The standard InChI is InChI=1S/C25H26N2O6S/c1-14-4-9-19(15(2)10-14)22(29)26-20-23(30)27-21(17(11-28)13-34-24(20)27)25(31)33-12-16-5-7-18(32-3)8-6-16/h4-10,20,24,28H,11-13H2,1-3H3,(H,26,29)/t20?,24-/m1/s1. The van der Waals surface area contributed by atoms with Gasteiger partial charge in [-0.3, -0.25) is 14.5 Å². The molecule has 1 fully saturated rings. The van der Waals surface area contributed by atoms with Crippen LogP contribution in [0.4, 0.5) is 0 Å². The lowest BCUT2D eigenvalue weighted by molar-refractivity contribution is -0.152. The summed E-state index contributed by atoms with van der Waals surface area (Å²) in [6, 6.07) is 11.8. The topological polar surface area (TPSA) is 105 Å². The minimum atomic E-state index is -0.761. The number of ether oxygens (including phenoxy) is 2. The van der Waals surface area contributed by atoms with Crippen LogP contribution in [-0.4, -0.2) is 58.7 Å². The van der Waals surface area contributed by atoms with E-state index in [1.807, 2.05) is 26.0 Å². The number of carbonyl (C=O) groups is 3. The van der Waals surface area contributed by atoms with Crippen molar-refractivity contribution in [3.05, 3.63) is 76.0 Å². The number of rotatable bonds is 7. The van der Waals surface area contributed by atoms with E-state index in [4.69, 9.17) is 9.47 Å². The molecule has 2 atom stereocenters. The number of nitrogens with one attached hydrogen (secondary N) is 1. The van der Waals surface area contributed by atoms with Gasteiger partial charge in [-0.15, -0.1) is 11.8 Å². The Hall–Kier alpha value is -3.30. The van der Waals surface area contributed by atoms with Gasteiger partial charge in [-0.05, 0) is 48.7 Å². The number of benzene rings is 2. The van der Waals surface area contributed by atoms with Gasteiger partial charge in [-0.2, -0.15) is 0 Å². The predicted octanol–water partition coefficient (Wildman–Crippen LogP) is 2.32. The summed E-state index contributed by atoms with van der Waals surface area (Å²) in [7, 11) is 1.57. The number of methoxy groups -OCH3 is 1. The maximum Gasteiger partial charge on any atom is 0.355 e. The van der Waals surface area contributed by atoms with Gasteiger partial charge in [0, 0.05) is 11.3 Å². The molecule has 0 aliphatic carbocycles. The number of nitrogens with zero attached hydrogens (tertiary/aromatic N) is 1. The molecular formula is C25H26N2O6S. The first-order valence-electron chi connectivity index (χ1n) is 10.8. The number of aryl methyl sites for hydroxylation is 2. The second-order valence-electron chi connectivity index (χ2n) is 8.21. The van der Waals surface area contributed by atoms with E-state index in [9.17, 15) is 19.5 Å². The van der Waals surface area contributed by atoms with Gasteiger partial charge in [-0.25, -0.2) is 4.79 Å². The number of hydrogen-bond donors (Lipinski definition) is 2. The molecule has 1 unspecified atom stereocenters. The van der Waals surface area contributed by atoms with Crippen molar-refractivity contribution in [3.63, 3.8) is 0 Å². The van der Waals surface area contributed by atoms with Gasteiger partial charge >= 0.3 is 5.97 Å². The van der Waals surface area contributed by atoms with Gasteiger partial charge in [0.25, 0.3) is 11.8 Å². The zero-order chi connectivity index (χ0) is 24.4. The van der Waals surface area contributed by atoms with Crippen molar-refractivity contribution in [1.82, 2.24) is 10.2 Å². The first-order chi connectivity index (χ1) is 16.3. The van der Waals surface area contributed by atoms with Crippen LogP contribution in [0.15, 0.2) is 53.7 Å². The summed E-state index contributed by atoms with van der Waals surface area (Å²) in [6.45, 7) is 3.44. The Balaban J connectivity index is 1.45. The van der Waals surface area contributed by atoms with Crippen LogP contribution in [0.25, 0.3) is 0 Å². The molecule has 2 aromatic carbocycles. The lowest BCUT2D eigenvalue weighted by Crippen LogP contribution is -2.70. The second-order valence-corrected chi connectivity index (χ2v) is 9.32. The van der Waals surface area contributed by atoms with E-state index in [1.54, 1.807) is 37.4 Å². The van der Waals surface area contributed by atoms with E-state index in [0.717, 1.165) is 16.7 Å². The minimum absolute atomic E-state index is 0.0116.